The largest absolute Gasteiger partial charge is 0.378 e. The van der Waals surface area contributed by atoms with Crippen LogP contribution in [-0.4, -0.2) is 32.5 Å². The number of amides is 2. The van der Waals surface area contributed by atoms with Gasteiger partial charge in [0, 0.05) is 36.7 Å². The molecule has 0 bridgehead atoms. The Morgan fingerprint density at radius 3 is 2.10 bits per heavy atom. The summed E-state index contributed by atoms with van der Waals surface area (Å²) >= 11 is 11.9. The molecule has 0 aliphatic carbocycles. The van der Waals surface area contributed by atoms with Gasteiger partial charge in [-0.2, -0.15) is 0 Å². The van der Waals surface area contributed by atoms with Crippen molar-refractivity contribution in [1.82, 2.24) is 0 Å². The maximum Gasteiger partial charge on any atom is 0.258 e. The van der Waals surface area contributed by atoms with Gasteiger partial charge >= 0.3 is 0 Å². The third kappa shape index (κ3) is 5.32. The maximum atomic E-state index is 13.2. The number of nitrogens with zero attached hydrogens (tertiary/aromatic N) is 2. The van der Waals surface area contributed by atoms with Gasteiger partial charge in [-0.05, 0) is 54.6 Å². The molecule has 3 aromatic carbocycles. The molecule has 1 N–H and O–H groups in total. The van der Waals surface area contributed by atoms with Crippen molar-refractivity contribution < 1.29 is 9.59 Å². The van der Waals surface area contributed by atoms with Crippen molar-refractivity contribution in [2.45, 2.75) is 0 Å². The van der Waals surface area contributed by atoms with Crippen LogP contribution in [0, 0.1) is 0 Å². The first-order valence-corrected chi connectivity index (χ1v) is 10.00. The van der Waals surface area contributed by atoms with E-state index in [1.807, 2.05) is 49.3 Å². The molecular formula is C23H21Cl2N3O2. The van der Waals surface area contributed by atoms with Crippen LogP contribution in [0.15, 0.2) is 72.8 Å². The van der Waals surface area contributed by atoms with Crippen LogP contribution >= 0.6 is 23.2 Å². The van der Waals surface area contributed by atoms with Gasteiger partial charge in [0.05, 0.1) is 10.0 Å². The third-order valence-electron chi connectivity index (χ3n) is 4.45. The molecule has 7 heteroatoms. The van der Waals surface area contributed by atoms with Crippen molar-refractivity contribution in [3.05, 3.63) is 88.4 Å². The Hall–Kier alpha value is -3.02. The molecule has 0 saturated carbocycles. The minimum absolute atomic E-state index is 0.154. The molecule has 0 heterocycles. The van der Waals surface area contributed by atoms with E-state index in [-0.39, 0.29) is 18.4 Å². The summed E-state index contributed by atoms with van der Waals surface area (Å²) in [5, 5.41) is 3.50. The van der Waals surface area contributed by atoms with Crippen LogP contribution in [0.25, 0.3) is 0 Å². The first kappa shape index (κ1) is 21.7. The summed E-state index contributed by atoms with van der Waals surface area (Å²) in [6.45, 7) is -0.154. The molecule has 30 heavy (non-hydrogen) atoms. The van der Waals surface area contributed by atoms with Gasteiger partial charge in [-0.15, -0.1) is 0 Å². The maximum absolute atomic E-state index is 13.2. The van der Waals surface area contributed by atoms with Crippen LogP contribution in [0.2, 0.25) is 10.0 Å². The number of carbonyl (C=O) groups is 2. The molecule has 0 radical (unpaired) electrons. The van der Waals surface area contributed by atoms with E-state index in [1.165, 1.54) is 4.90 Å². The normalized spacial score (nSPS) is 10.4. The molecular weight excluding hydrogens is 421 g/mol. The van der Waals surface area contributed by atoms with E-state index < -0.39 is 0 Å². The Kier molecular flexibility index (Phi) is 6.98. The fourth-order valence-electron chi connectivity index (χ4n) is 2.86. The van der Waals surface area contributed by atoms with Crippen LogP contribution in [-0.2, 0) is 4.79 Å². The minimum Gasteiger partial charge on any atom is -0.378 e. The van der Waals surface area contributed by atoms with Crippen molar-refractivity contribution in [3.63, 3.8) is 0 Å². The van der Waals surface area contributed by atoms with Crippen molar-refractivity contribution >= 4 is 52.1 Å². The zero-order chi connectivity index (χ0) is 21.7. The van der Waals surface area contributed by atoms with E-state index in [0.29, 0.717) is 27.0 Å². The monoisotopic (exact) mass is 441 g/mol. The lowest BCUT2D eigenvalue weighted by Gasteiger charge is -2.23. The number of para-hydroxylation sites is 1. The summed E-state index contributed by atoms with van der Waals surface area (Å²) in [5.41, 5.74) is 2.61. The fourth-order valence-corrected chi connectivity index (χ4v) is 3.16. The standard InChI is InChI=1S/C23H21Cl2N3O2/c1-27(2)18-11-8-16(9-12-18)23(30)28(19-6-4-3-5-7-19)15-22(29)26-17-10-13-20(24)21(25)14-17/h3-14H,15H2,1-2H3,(H,26,29). The molecule has 0 saturated heterocycles. The lowest BCUT2D eigenvalue weighted by Crippen LogP contribution is -2.38. The molecule has 0 aliphatic rings. The van der Waals surface area contributed by atoms with Gasteiger partial charge < -0.3 is 10.2 Å². The topological polar surface area (TPSA) is 52.7 Å². The van der Waals surface area contributed by atoms with Crippen molar-refractivity contribution in [1.29, 1.82) is 0 Å². The molecule has 3 rings (SSSR count). The highest BCUT2D eigenvalue weighted by Gasteiger charge is 2.21. The van der Waals surface area contributed by atoms with Crippen LogP contribution in [0.5, 0.6) is 0 Å². The van der Waals surface area contributed by atoms with Crippen LogP contribution in [0.4, 0.5) is 17.1 Å². The number of anilines is 3. The van der Waals surface area contributed by atoms with Gasteiger partial charge in [-0.1, -0.05) is 41.4 Å². The summed E-state index contributed by atoms with van der Waals surface area (Å²) < 4.78 is 0. The summed E-state index contributed by atoms with van der Waals surface area (Å²) in [6.07, 6.45) is 0. The molecule has 0 aromatic heterocycles. The van der Waals surface area contributed by atoms with Gasteiger partial charge in [0.25, 0.3) is 5.91 Å². The predicted molar refractivity (Wildman–Crippen MR) is 124 cm³/mol. The Morgan fingerprint density at radius 1 is 0.833 bits per heavy atom. The first-order valence-electron chi connectivity index (χ1n) is 9.24. The van der Waals surface area contributed by atoms with E-state index in [2.05, 4.69) is 5.32 Å². The minimum atomic E-state index is -0.351. The van der Waals surface area contributed by atoms with Crippen molar-refractivity contribution in [2.24, 2.45) is 0 Å². The van der Waals surface area contributed by atoms with Gasteiger partial charge in [0.1, 0.15) is 6.54 Å². The van der Waals surface area contributed by atoms with Crippen LogP contribution in [0.1, 0.15) is 10.4 Å². The summed E-state index contributed by atoms with van der Waals surface area (Å²) in [4.78, 5) is 29.3. The molecule has 0 atom stereocenters. The Labute approximate surface area is 185 Å². The van der Waals surface area contributed by atoms with Crippen LogP contribution < -0.4 is 15.1 Å². The zero-order valence-electron chi connectivity index (χ0n) is 16.6. The van der Waals surface area contributed by atoms with E-state index in [9.17, 15) is 9.59 Å². The Morgan fingerprint density at radius 2 is 1.50 bits per heavy atom. The summed E-state index contributed by atoms with van der Waals surface area (Å²) in [7, 11) is 3.86. The average molecular weight is 442 g/mol. The van der Waals surface area contributed by atoms with Crippen molar-refractivity contribution in [2.75, 3.05) is 35.8 Å². The summed E-state index contributed by atoms with van der Waals surface area (Å²) in [5.74, 6) is -0.619. The SMILES string of the molecule is CN(C)c1ccc(C(=O)N(CC(=O)Nc2ccc(Cl)c(Cl)c2)c2ccccc2)cc1. The zero-order valence-corrected chi connectivity index (χ0v) is 18.1. The molecule has 2 amide bonds. The Balaban J connectivity index is 1.82. The lowest BCUT2D eigenvalue weighted by atomic mass is 10.1. The second-order valence-corrected chi connectivity index (χ2v) is 7.66. The van der Waals surface area contributed by atoms with Crippen molar-refractivity contribution in [3.8, 4) is 0 Å². The second kappa shape index (κ2) is 9.65. The van der Waals surface area contributed by atoms with E-state index in [1.54, 1.807) is 42.5 Å². The molecule has 5 nitrogen and oxygen atoms in total. The van der Waals surface area contributed by atoms with Gasteiger partial charge in [0.2, 0.25) is 5.91 Å². The predicted octanol–water partition coefficient (Wildman–Crippen LogP) is 5.34. The Bertz CT molecular complexity index is 1040. The molecule has 154 valence electrons. The molecule has 0 spiro atoms. The molecule has 3 aromatic rings. The number of nitrogens with one attached hydrogen (secondary N) is 1. The number of halogens is 2. The smallest absolute Gasteiger partial charge is 0.258 e. The average Bonchev–Trinajstić information content (AvgIpc) is 2.75. The molecule has 0 unspecified atom stereocenters. The highest BCUT2D eigenvalue weighted by atomic mass is 35.5. The van der Waals surface area contributed by atoms with Gasteiger partial charge in [-0.3, -0.25) is 14.5 Å². The number of rotatable bonds is 6. The second-order valence-electron chi connectivity index (χ2n) is 6.85. The number of carbonyl (C=O) groups excluding carboxylic acids is 2. The third-order valence-corrected chi connectivity index (χ3v) is 5.19. The van der Waals surface area contributed by atoms with E-state index in [0.717, 1.165) is 5.69 Å². The van der Waals surface area contributed by atoms with E-state index in [4.69, 9.17) is 23.2 Å². The van der Waals surface area contributed by atoms with Crippen LogP contribution in [0.3, 0.4) is 0 Å². The van der Waals surface area contributed by atoms with Gasteiger partial charge in [0.15, 0.2) is 0 Å². The molecule has 0 fully saturated rings. The highest BCUT2D eigenvalue weighted by Crippen LogP contribution is 2.25. The quantitative estimate of drug-likeness (QED) is 0.561. The van der Waals surface area contributed by atoms with Gasteiger partial charge in [-0.25, -0.2) is 0 Å². The van der Waals surface area contributed by atoms with E-state index >= 15 is 0 Å². The first-order chi connectivity index (χ1) is 14.3. The number of hydrogen-bond acceptors (Lipinski definition) is 3. The number of hydrogen-bond donors (Lipinski definition) is 1. The number of benzene rings is 3. The fraction of sp³-hybridized carbons (Fsp3) is 0.130. The highest BCUT2D eigenvalue weighted by molar-refractivity contribution is 6.42. The molecule has 0 aliphatic heterocycles. The lowest BCUT2D eigenvalue weighted by molar-refractivity contribution is -0.114. The summed E-state index contributed by atoms with van der Waals surface area (Å²) in [6, 6.07) is 21.1.